The first-order valence-corrected chi connectivity index (χ1v) is 10.2. The Morgan fingerprint density at radius 2 is 1.82 bits per heavy atom. The van der Waals surface area contributed by atoms with Crippen molar-refractivity contribution < 1.29 is 22.3 Å². The average Bonchev–Trinajstić information content (AvgIpc) is 3.03. The summed E-state index contributed by atoms with van der Waals surface area (Å²) in [7, 11) is -3.65. The fourth-order valence-corrected chi connectivity index (χ4v) is 4.29. The molecule has 2 aromatic rings. The predicted molar refractivity (Wildman–Crippen MR) is 104 cm³/mol. The van der Waals surface area contributed by atoms with E-state index in [1.165, 1.54) is 40.7 Å². The zero-order valence-corrected chi connectivity index (χ0v) is 16.2. The first-order valence-electron chi connectivity index (χ1n) is 8.74. The molecular weight excluding hydrogens is 383 g/mol. The van der Waals surface area contributed by atoms with Crippen LogP contribution in [0.1, 0.15) is 25.0 Å². The lowest BCUT2D eigenvalue weighted by Gasteiger charge is -2.18. The Morgan fingerprint density at radius 3 is 2.50 bits per heavy atom. The molecule has 0 amide bonds. The molecule has 0 aliphatic carbocycles. The molecule has 0 saturated carbocycles. The molecule has 1 aliphatic heterocycles. The van der Waals surface area contributed by atoms with E-state index in [0.717, 1.165) is 0 Å². The highest BCUT2D eigenvalue weighted by atomic mass is 32.2. The van der Waals surface area contributed by atoms with E-state index in [2.05, 4.69) is 4.99 Å². The van der Waals surface area contributed by atoms with Crippen LogP contribution in [0.3, 0.4) is 0 Å². The number of rotatable bonds is 6. The highest BCUT2D eigenvalue weighted by Crippen LogP contribution is 2.22. The quantitative estimate of drug-likeness (QED) is 0.549. The van der Waals surface area contributed by atoms with Crippen LogP contribution in [0.2, 0.25) is 0 Å². The second kappa shape index (κ2) is 8.04. The second-order valence-corrected chi connectivity index (χ2v) is 7.95. The van der Waals surface area contributed by atoms with Crippen LogP contribution in [0.25, 0.3) is 6.08 Å². The first kappa shape index (κ1) is 19.9. The van der Waals surface area contributed by atoms with Gasteiger partial charge in [0.05, 0.1) is 4.90 Å². The summed E-state index contributed by atoms with van der Waals surface area (Å²) in [6.45, 7) is 4.22. The van der Waals surface area contributed by atoms with Crippen molar-refractivity contribution in [1.82, 2.24) is 4.31 Å². The maximum atomic E-state index is 13.3. The third-order valence-corrected chi connectivity index (χ3v) is 6.24. The fourth-order valence-electron chi connectivity index (χ4n) is 2.79. The SMILES string of the molecule is CCN(CC)S(=O)(=O)c1cccc(C2=N/C(=C\c3cccc(F)c3)C(=O)O2)c1. The zero-order chi connectivity index (χ0) is 20.3. The molecule has 8 heteroatoms. The Hall–Kier alpha value is -2.84. The number of hydrogen-bond donors (Lipinski definition) is 0. The number of carbonyl (C=O) groups excluding carboxylic acids is 1. The lowest BCUT2D eigenvalue weighted by atomic mass is 10.2. The van der Waals surface area contributed by atoms with Crippen molar-refractivity contribution >= 4 is 28.0 Å². The number of ether oxygens (including phenoxy) is 1. The lowest BCUT2D eigenvalue weighted by Crippen LogP contribution is -2.30. The van der Waals surface area contributed by atoms with Gasteiger partial charge < -0.3 is 4.74 Å². The van der Waals surface area contributed by atoms with Crippen LogP contribution < -0.4 is 0 Å². The summed E-state index contributed by atoms with van der Waals surface area (Å²) in [6.07, 6.45) is 1.41. The molecule has 6 nitrogen and oxygen atoms in total. The standard InChI is InChI=1S/C20H19FN2O4S/c1-3-23(4-2)28(25,26)17-10-6-8-15(13-17)19-22-18(20(24)27-19)12-14-7-5-9-16(21)11-14/h5-13H,3-4H2,1-2H3/b18-12-. The number of benzene rings is 2. The van der Waals surface area contributed by atoms with E-state index in [9.17, 15) is 17.6 Å². The zero-order valence-electron chi connectivity index (χ0n) is 15.4. The molecule has 3 rings (SSSR count). The van der Waals surface area contributed by atoms with Crippen molar-refractivity contribution in [2.45, 2.75) is 18.7 Å². The Balaban J connectivity index is 1.95. The van der Waals surface area contributed by atoms with E-state index in [1.54, 1.807) is 32.0 Å². The van der Waals surface area contributed by atoms with Crippen molar-refractivity contribution in [2.75, 3.05) is 13.1 Å². The van der Waals surface area contributed by atoms with Gasteiger partial charge in [-0.3, -0.25) is 0 Å². The Bertz CT molecular complexity index is 1070. The molecule has 0 atom stereocenters. The third kappa shape index (κ3) is 4.02. The smallest absolute Gasteiger partial charge is 0.363 e. The van der Waals surface area contributed by atoms with Gasteiger partial charge in [-0.1, -0.05) is 32.0 Å². The highest BCUT2D eigenvalue weighted by Gasteiger charge is 2.27. The largest absolute Gasteiger partial charge is 0.402 e. The van der Waals surface area contributed by atoms with Crippen LogP contribution in [0.5, 0.6) is 0 Å². The Labute approximate surface area is 163 Å². The number of cyclic esters (lactones) is 1. The van der Waals surface area contributed by atoms with Gasteiger partial charge in [0, 0.05) is 18.7 Å². The van der Waals surface area contributed by atoms with Gasteiger partial charge in [0.15, 0.2) is 5.70 Å². The van der Waals surface area contributed by atoms with E-state index in [4.69, 9.17) is 4.74 Å². The molecule has 1 heterocycles. The number of carbonyl (C=O) groups is 1. The van der Waals surface area contributed by atoms with Gasteiger partial charge in [-0.15, -0.1) is 0 Å². The monoisotopic (exact) mass is 402 g/mol. The van der Waals surface area contributed by atoms with Crippen LogP contribution in [0.4, 0.5) is 4.39 Å². The van der Waals surface area contributed by atoms with Crippen molar-refractivity contribution in [3.63, 3.8) is 0 Å². The van der Waals surface area contributed by atoms with Crippen LogP contribution >= 0.6 is 0 Å². The maximum absolute atomic E-state index is 13.3. The van der Waals surface area contributed by atoms with Crippen LogP contribution in [-0.4, -0.2) is 37.7 Å². The van der Waals surface area contributed by atoms with Crippen LogP contribution in [0.15, 0.2) is 64.1 Å². The van der Waals surface area contributed by atoms with Crippen molar-refractivity contribution in [3.8, 4) is 0 Å². The molecular formula is C20H19FN2O4S. The van der Waals surface area contributed by atoms with E-state index in [0.29, 0.717) is 24.2 Å². The second-order valence-electron chi connectivity index (χ2n) is 6.01. The maximum Gasteiger partial charge on any atom is 0.363 e. The molecule has 2 aromatic carbocycles. The summed E-state index contributed by atoms with van der Waals surface area (Å²) < 4.78 is 45.2. The number of aliphatic imine (C=N–C) groups is 1. The van der Waals surface area contributed by atoms with Gasteiger partial charge in [0.1, 0.15) is 5.82 Å². The summed E-state index contributed by atoms with van der Waals surface area (Å²) in [5.41, 5.74) is 0.844. The van der Waals surface area contributed by atoms with E-state index >= 15 is 0 Å². The van der Waals surface area contributed by atoms with E-state index in [-0.39, 0.29) is 16.5 Å². The van der Waals surface area contributed by atoms with Gasteiger partial charge >= 0.3 is 5.97 Å². The average molecular weight is 402 g/mol. The van der Waals surface area contributed by atoms with Gasteiger partial charge in [-0.2, -0.15) is 4.31 Å². The number of halogens is 1. The molecule has 0 spiro atoms. The molecule has 0 N–H and O–H groups in total. The minimum atomic E-state index is -3.65. The summed E-state index contributed by atoms with van der Waals surface area (Å²) in [6, 6.07) is 11.8. The fraction of sp³-hybridized carbons (Fsp3) is 0.200. The first-order chi connectivity index (χ1) is 13.3. The summed E-state index contributed by atoms with van der Waals surface area (Å²) in [5, 5.41) is 0. The van der Waals surface area contributed by atoms with Crippen molar-refractivity contribution in [1.29, 1.82) is 0 Å². The van der Waals surface area contributed by atoms with Gasteiger partial charge in [-0.05, 0) is 42.0 Å². The number of esters is 1. The van der Waals surface area contributed by atoms with Crippen LogP contribution in [0, 0.1) is 5.82 Å². The molecule has 1 aliphatic rings. The molecule has 0 fully saturated rings. The molecule has 0 aromatic heterocycles. The van der Waals surface area contributed by atoms with E-state index < -0.39 is 21.8 Å². The van der Waals surface area contributed by atoms with Gasteiger partial charge in [0.25, 0.3) is 0 Å². The topological polar surface area (TPSA) is 76.0 Å². The Morgan fingerprint density at radius 1 is 1.11 bits per heavy atom. The minimum Gasteiger partial charge on any atom is -0.402 e. The van der Waals surface area contributed by atoms with Gasteiger partial charge in [0.2, 0.25) is 15.9 Å². The summed E-state index contributed by atoms with van der Waals surface area (Å²) in [4.78, 5) is 16.3. The molecule has 0 radical (unpaired) electrons. The number of hydrogen-bond acceptors (Lipinski definition) is 5. The predicted octanol–water partition coefficient (Wildman–Crippen LogP) is 3.20. The molecule has 0 bridgehead atoms. The summed E-state index contributed by atoms with van der Waals surface area (Å²) in [5.74, 6) is -1.11. The molecule has 0 saturated heterocycles. The Kier molecular flexibility index (Phi) is 5.71. The molecule has 0 unspecified atom stereocenters. The van der Waals surface area contributed by atoms with Crippen LogP contribution in [-0.2, 0) is 19.6 Å². The lowest BCUT2D eigenvalue weighted by molar-refractivity contribution is -0.129. The minimum absolute atomic E-state index is 0.00394. The number of nitrogens with zero attached hydrogens (tertiary/aromatic N) is 2. The highest BCUT2D eigenvalue weighted by molar-refractivity contribution is 7.89. The van der Waals surface area contributed by atoms with Crippen molar-refractivity contribution in [2.24, 2.45) is 4.99 Å². The number of sulfonamides is 1. The van der Waals surface area contributed by atoms with Crippen molar-refractivity contribution in [3.05, 3.63) is 71.2 Å². The molecule has 28 heavy (non-hydrogen) atoms. The normalized spacial score (nSPS) is 15.8. The third-order valence-electron chi connectivity index (χ3n) is 4.20. The summed E-state index contributed by atoms with van der Waals surface area (Å²) >= 11 is 0. The van der Waals surface area contributed by atoms with E-state index in [1.807, 2.05) is 0 Å². The van der Waals surface area contributed by atoms with Gasteiger partial charge in [-0.25, -0.2) is 22.6 Å². The molecule has 146 valence electrons.